The number of rotatable bonds is 6. The first-order chi connectivity index (χ1) is 10.7. The van der Waals surface area contributed by atoms with Gasteiger partial charge in [0, 0.05) is 13.0 Å². The standard InChI is InChI=1S/C17H16N2O2S/c20-16(21)9-7-12-6-8-14-15(10-12)22-17(19-14)18-11-13-4-2-1-3-5-13/h1-6,8,10H,7,9,11H2,(H,18,19)(H,20,21). The molecule has 0 aliphatic heterocycles. The molecule has 0 amide bonds. The molecule has 1 heterocycles. The van der Waals surface area contributed by atoms with Crippen molar-refractivity contribution >= 4 is 32.7 Å². The van der Waals surface area contributed by atoms with Crippen LogP contribution in [0.15, 0.2) is 48.5 Å². The second kappa shape index (κ2) is 6.58. The van der Waals surface area contributed by atoms with Crippen LogP contribution < -0.4 is 5.32 Å². The van der Waals surface area contributed by atoms with E-state index in [1.54, 1.807) is 11.3 Å². The Labute approximate surface area is 132 Å². The molecule has 22 heavy (non-hydrogen) atoms. The average Bonchev–Trinajstić information content (AvgIpc) is 2.94. The lowest BCUT2D eigenvalue weighted by molar-refractivity contribution is -0.136. The zero-order valence-electron chi connectivity index (χ0n) is 12.0. The first-order valence-corrected chi connectivity index (χ1v) is 7.91. The molecule has 112 valence electrons. The number of hydrogen-bond donors (Lipinski definition) is 2. The summed E-state index contributed by atoms with van der Waals surface area (Å²) in [6.45, 7) is 0.743. The Balaban J connectivity index is 1.71. The van der Waals surface area contributed by atoms with Crippen LogP contribution in [0.25, 0.3) is 10.2 Å². The van der Waals surface area contributed by atoms with Crippen LogP contribution in [0.2, 0.25) is 0 Å². The van der Waals surface area contributed by atoms with Gasteiger partial charge in [-0.25, -0.2) is 4.98 Å². The van der Waals surface area contributed by atoms with E-state index in [1.807, 2.05) is 36.4 Å². The number of aryl methyl sites for hydroxylation is 1. The highest BCUT2D eigenvalue weighted by Crippen LogP contribution is 2.27. The third-order valence-corrected chi connectivity index (χ3v) is 4.34. The molecule has 0 atom stereocenters. The molecular weight excluding hydrogens is 296 g/mol. The molecule has 3 aromatic rings. The summed E-state index contributed by atoms with van der Waals surface area (Å²) in [5.74, 6) is -0.769. The number of fused-ring (bicyclic) bond motifs is 1. The molecule has 4 nitrogen and oxygen atoms in total. The van der Waals surface area contributed by atoms with Gasteiger partial charge in [0.25, 0.3) is 0 Å². The van der Waals surface area contributed by atoms with Crippen molar-refractivity contribution in [3.8, 4) is 0 Å². The van der Waals surface area contributed by atoms with Crippen LogP contribution >= 0.6 is 11.3 Å². The Hall–Kier alpha value is -2.40. The van der Waals surface area contributed by atoms with Crippen LogP contribution in [0.4, 0.5) is 5.13 Å². The highest BCUT2D eigenvalue weighted by molar-refractivity contribution is 7.22. The summed E-state index contributed by atoms with van der Waals surface area (Å²) in [5, 5.41) is 13.0. The van der Waals surface area contributed by atoms with Gasteiger partial charge in [-0.1, -0.05) is 47.7 Å². The van der Waals surface area contributed by atoms with Crippen molar-refractivity contribution in [1.82, 2.24) is 4.98 Å². The van der Waals surface area contributed by atoms with E-state index in [2.05, 4.69) is 22.4 Å². The molecule has 0 saturated heterocycles. The number of carboxylic acids is 1. The smallest absolute Gasteiger partial charge is 0.303 e. The Morgan fingerprint density at radius 3 is 2.73 bits per heavy atom. The Morgan fingerprint density at radius 2 is 1.95 bits per heavy atom. The molecular formula is C17H16N2O2S. The molecule has 0 fully saturated rings. The molecule has 0 saturated carbocycles. The van der Waals surface area contributed by atoms with Crippen LogP contribution in [-0.4, -0.2) is 16.1 Å². The third-order valence-electron chi connectivity index (χ3n) is 3.37. The molecule has 0 bridgehead atoms. The van der Waals surface area contributed by atoms with Gasteiger partial charge in [0.05, 0.1) is 10.2 Å². The Bertz CT molecular complexity index is 784. The van der Waals surface area contributed by atoms with Crippen molar-refractivity contribution in [2.45, 2.75) is 19.4 Å². The lowest BCUT2D eigenvalue weighted by Gasteiger charge is -2.01. The molecule has 1 aromatic heterocycles. The molecule has 2 N–H and O–H groups in total. The monoisotopic (exact) mass is 312 g/mol. The number of anilines is 1. The summed E-state index contributed by atoms with van der Waals surface area (Å²) in [7, 11) is 0. The van der Waals surface area contributed by atoms with E-state index in [4.69, 9.17) is 5.11 Å². The second-order valence-corrected chi connectivity index (χ2v) is 6.08. The van der Waals surface area contributed by atoms with Crippen molar-refractivity contribution in [2.75, 3.05) is 5.32 Å². The lowest BCUT2D eigenvalue weighted by Crippen LogP contribution is -1.97. The maximum atomic E-state index is 10.6. The Kier molecular flexibility index (Phi) is 4.34. The molecule has 3 rings (SSSR count). The number of benzene rings is 2. The van der Waals surface area contributed by atoms with Gasteiger partial charge < -0.3 is 10.4 Å². The van der Waals surface area contributed by atoms with E-state index in [1.165, 1.54) is 5.56 Å². The van der Waals surface area contributed by atoms with Crippen LogP contribution in [0.3, 0.4) is 0 Å². The predicted molar refractivity (Wildman–Crippen MR) is 89.3 cm³/mol. The second-order valence-electron chi connectivity index (χ2n) is 5.05. The predicted octanol–water partition coefficient (Wildman–Crippen LogP) is 3.93. The first kappa shape index (κ1) is 14.5. The van der Waals surface area contributed by atoms with Crippen molar-refractivity contribution in [3.63, 3.8) is 0 Å². The summed E-state index contributed by atoms with van der Waals surface area (Å²) in [4.78, 5) is 15.2. The number of nitrogens with zero attached hydrogens (tertiary/aromatic N) is 1. The largest absolute Gasteiger partial charge is 0.481 e. The van der Waals surface area contributed by atoms with Gasteiger partial charge in [0.1, 0.15) is 0 Å². The zero-order chi connectivity index (χ0) is 15.4. The van der Waals surface area contributed by atoms with Crippen molar-refractivity contribution in [3.05, 3.63) is 59.7 Å². The van der Waals surface area contributed by atoms with Crippen molar-refractivity contribution < 1.29 is 9.90 Å². The fraction of sp³-hybridized carbons (Fsp3) is 0.176. The van der Waals surface area contributed by atoms with Crippen LogP contribution in [0, 0.1) is 0 Å². The van der Waals surface area contributed by atoms with E-state index in [9.17, 15) is 4.79 Å². The van der Waals surface area contributed by atoms with Crippen molar-refractivity contribution in [2.24, 2.45) is 0 Å². The number of hydrogen-bond acceptors (Lipinski definition) is 4. The maximum absolute atomic E-state index is 10.6. The summed E-state index contributed by atoms with van der Waals surface area (Å²) in [5.41, 5.74) is 3.19. The number of aromatic nitrogens is 1. The number of thiazole rings is 1. The van der Waals surface area contributed by atoms with Gasteiger partial charge in [-0.2, -0.15) is 0 Å². The van der Waals surface area contributed by atoms with Crippen LogP contribution in [0.5, 0.6) is 0 Å². The Morgan fingerprint density at radius 1 is 1.14 bits per heavy atom. The average molecular weight is 312 g/mol. The molecule has 0 spiro atoms. The number of aliphatic carboxylic acids is 1. The maximum Gasteiger partial charge on any atom is 0.303 e. The fourth-order valence-electron chi connectivity index (χ4n) is 2.22. The third kappa shape index (κ3) is 3.62. The highest BCUT2D eigenvalue weighted by atomic mass is 32.1. The van der Waals surface area contributed by atoms with Gasteiger partial charge in [0.2, 0.25) is 0 Å². The van der Waals surface area contributed by atoms with E-state index < -0.39 is 5.97 Å². The quantitative estimate of drug-likeness (QED) is 0.724. The lowest BCUT2D eigenvalue weighted by atomic mass is 10.1. The summed E-state index contributed by atoms with van der Waals surface area (Å²) in [6.07, 6.45) is 0.708. The van der Waals surface area contributed by atoms with Gasteiger partial charge >= 0.3 is 5.97 Å². The van der Waals surface area contributed by atoms with Crippen molar-refractivity contribution in [1.29, 1.82) is 0 Å². The van der Waals surface area contributed by atoms with E-state index >= 15 is 0 Å². The minimum absolute atomic E-state index is 0.156. The number of carboxylic acid groups (broad SMARTS) is 1. The summed E-state index contributed by atoms with van der Waals surface area (Å²) >= 11 is 1.60. The number of nitrogens with one attached hydrogen (secondary N) is 1. The normalized spacial score (nSPS) is 10.7. The molecule has 0 unspecified atom stereocenters. The van der Waals surface area contributed by atoms with Gasteiger partial charge in [0.15, 0.2) is 5.13 Å². The summed E-state index contributed by atoms with van der Waals surface area (Å²) < 4.78 is 1.08. The molecule has 0 aliphatic carbocycles. The SMILES string of the molecule is O=C(O)CCc1ccc2nc(NCc3ccccc3)sc2c1. The molecule has 0 aliphatic rings. The molecule has 0 radical (unpaired) electrons. The molecule has 5 heteroatoms. The van der Waals surface area contributed by atoms with Gasteiger partial charge in [-0.05, 0) is 29.7 Å². The minimum atomic E-state index is -0.769. The van der Waals surface area contributed by atoms with Gasteiger partial charge in [-0.15, -0.1) is 0 Å². The highest BCUT2D eigenvalue weighted by Gasteiger charge is 2.06. The first-order valence-electron chi connectivity index (χ1n) is 7.10. The zero-order valence-corrected chi connectivity index (χ0v) is 12.8. The minimum Gasteiger partial charge on any atom is -0.481 e. The topological polar surface area (TPSA) is 62.2 Å². The van der Waals surface area contributed by atoms with E-state index in [0.717, 1.165) is 27.5 Å². The van der Waals surface area contributed by atoms with Crippen LogP contribution in [0.1, 0.15) is 17.5 Å². The van der Waals surface area contributed by atoms with Crippen LogP contribution in [-0.2, 0) is 17.8 Å². The fourth-order valence-corrected chi connectivity index (χ4v) is 3.15. The number of carbonyl (C=O) groups is 1. The van der Waals surface area contributed by atoms with Gasteiger partial charge in [-0.3, -0.25) is 4.79 Å². The van der Waals surface area contributed by atoms with E-state index in [0.29, 0.717) is 6.42 Å². The molecule has 2 aromatic carbocycles. The van der Waals surface area contributed by atoms with E-state index in [-0.39, 0.29) is 6.42 Å². The summed E-state index contributed by atoms with van der Waals surface area (Å²) in [6, 6.07) is 16.1.